The van der Waals surface area contributed by atoms with Crippen LogP contribution in [0.2, 0.25) is 0 Å². The van der Waals surface area contributed by atoms with Crippen LogP contribution in [0, 0.1) is 5.82 Å². The van der Waals surface area contributed by atoms with Crippen LogP contribution < -0.4 is 5.32 Å². The van der Waals surface area contributed by atoms with Crippen LogP contribution in [0.15, 0.2) is 18.2 Å². The van der Waals surface area contributed by atoms with Crippen molar-refractivity contribution in [1.82, 2.24) is 10.2 Å². The number of alkyl halides is 3. The second-order valence-corrected chi connectivity index (χ2v) is 5.23. The van der Waals surface area contributed by atoms with E-state index in [2.05, 4.69) is 5.32 Å². The molecule has 2 amide bonds. The van der Waals surface area contributed by atoms with E-state index in [1.165, 1.54) is 0 Å². The Labute approximate surface area is 131 Å². The number of nitrogens with zero attached hydrogens (tertiary/aromatic N) is 1. The fourth-order valence-corrected chi connectivity index (χ4v) is 1.93. The first-order valence-corrected chi connectivity index (χ1v) is 7.01. The fourth-order valence-electron chi connectivity index (χ4n) is 1.93. The van der Waals surface area contributed by atoms with Crippen LogP contribution >= 0.6 is 0 Å². The Kier molecular flexibility index (Phi) is 6.12. The monoisotopic (exact) mass is 334 g/mol. The van der Waals surface area contributed by atoms with Crippen molar-refractivity contribution in [3.63, 3.8) is 0 Å². The Morgan fingerprint density at radius 1 is 1.26 bits per heavy atom. The molecule has 0 saturated heterocycles. The summed E-state index contributed by atoms with van der Waals surface area (Å²) in [4.78, 5) is 25.0. The van der Waals surface area contributed by atoms with Gasteiger partial charge in [0.15, 0.2) is 0 Å². The third kappa shape index (κ3) is 5.22. The minimum absolute atomic E-state index is 0.126. The quantitative estimate of drug-likeness (QED) is 0.842. The molecule has 0 saturated carbocycles. The number of hydrogen-bond acceptors (Lipinski definition) is 2. The molecule has 128 valence electrons. The van der Waals surface area contributed by atoms with Gasteiger partial charge >= 0.3 is 6.18 Å². The Bertz CT molecular complexity index is 585. The molecular weight excluding hydrogens is 316 g/mol. The highest BCUT2D eigenvalue weighted by atomic mass is 19.4. The summed E-state index contributed by atoms with van der Waals surface area (Å²) in [6.07, 6.45) is -4.90. The smallest absolute Gasteiger partial charge is 0.352 e. The number of nitrogens with one attached hydrogen (secondary N) is 1. The average Bonchev–Trinajstić information content (AvgIpc) is 2.42. The maximum Gasteiger partial charge on any atom is 0.419 e. The van der Waals surface area contributed by atoms with E-state index in [0.29, 0.717) is 12.1 Å². The molecule has 1 N–H and O–H groups in total. The minimum atomic E-state index is -4.90. The maximum atomic E-state index is 13.3. The largest absolute Gasteiger partial charge is 0.419 e. The maximum absolute atomic E-state index is 13.3. The molecule has 1 aromatic carbocycles. The van der Waals surface area contributed by atoms with Gasteiger partial charge in [0.25, 0.3) is 5.91 Å². The Morgan fingerprint density at radius 3 is 2.35 bits per heavy atom. The number of rotatable bonds is 5. The van der Waals surface area contributed by atoms with Gasteiger partial charge in [0.2, 0.25) is 5.91 Å². The van der Waals surface area contributed by atoms with Crippen molar-refractivity contribution in [3.05, 3.63) is 35.1 Å². The number of amides is 2. The summed E-state index contributed by atoms with van der Waals surface area (Å²) < 4.78 is 51.4. The number of likely N-dealkylation sites (N-methyl/N-ethyl adjacent to an activating group) is 1. The Balaban J connectivity index is 3.00. The number of halogens is 4. The Morgan fingerprint density at radius 2 is 1.87 bits per heavy atom. The summed E-state index contributed by atoms with van der Waals surface area (Å²) >= 11 is 0. The lowest BCUT2D eigenvalue weighted by Gasteiger charge is -2.21. The van der Waals surface area contributed by atoms with Gasteiger partial charge in [-0.15, -0.1) is 0 Å². The van der Waals surface area contributed by atoms with Crippen LogP contribution in [0.4, 0.5) is 17.6 Å². The van der Waals surface area contributed by atoms with E-state index in [9.17, 15) is 27.2 Å². The highest BCUT2D eigenvalue weighted by Gasteiger charge is 2.35. The van der Waals surface area contributed by atoms with Gasteiger partial charge in [-0.3, -0.25) is 9.59 Å². The predicted octanol–water partition coefficient (Wildman–Crippen LogP) is 2.83. The minimum Gasteiger partial charge on any atom is -0.352 e. The molecule has 0 spiro atoms. The van der Waals surface area contributed by atoms with E-state index in [4.69, 9.17) is 0 Å². The molecule has 0 unspecified atom stereocenters. The van der Waals surface area contributed by atoms with E-state index >= 15 is 0 Å². The van der Waals surface area contributed by atoms with Crippen LogP contribution in [0.25, 0.3) is 0 Å². The lowest BCUT2D eigenvalue weighted by atomic mass is 10.1. The van der Waals surface area contributed by atoms with Gasteiger partial charge < -0.3 is 10.2 Å². The molecule has 0 aliphatic heterocycles. The molecule has 0 aliphatic rings. The van der Waals surface area contributed by atoms with Gasteiger partial charge in [0, 0.05) is 18.2 Å². The van der Waals surface area contributed by atoms with Gasteiger partial charge in [-0.2, -0.15) is 13.2 Å². The zero-order chi connectivity index (χ0) is 17.8. The molecule has 0 radical (unpaired) electrons. The van der Waals surface area contributed by atoms with Crippen molar-refractivity contribution in [2.45, 2.75) is 33.0 Å². The third-order valence-electron chi connectivity index (χ3n) is 2.97. The van der Waals surface area contributed by atoms with Crippen LogP contribution in [-0.4, -0.2) is 35.8 Å². The molecule has 1 rings (SSSR count). The summed E-state index contributed by atoms with van der Waals surface area (Å²) in [6, 6.07) is 1.90. The lowest BCUT2D eigenvalue weighted by Crippen LogP contribution is -2.42. The molecule has 0 aromatic heterocycles. The van der Waals surface area contributed by atoms with Crippen LogP contribution in [0.3, 0.4) is 0 Å². The summed E-state index contributed by atoms with van der Waals surface area (Å²) in [5, 5.41) is 2.59. The molecule has 4 nitrogen and oxygen atoms in total. The second kappa shape index (κ2) is 7.43. The molecule has 0 atom stereocenters. The van der Waals surface area contributed by atoms with E-state index in [1.54, 1.807) is 20.8 Å². The zero-order valence-electron chi connectivity index (χ0n) is 13.0. The summed E-state index contributed by atoms with van der Waals surface area (Å²) in [5.41, 5.74) is -1.83. The predicted molar refractivity (Wildman–Crippen MR) is 76.3 cm³/mol. The zero-order valence-corrected chi connectivity index (χ0v) is 13.0. The van der Waals surface area contributed by atoms with Gasteiger partial charge in [-0.25, -0.2) is 4.39 Å². The third-order valence-corrected chi connectivity index (χ3v) is 2.97. The van der Waals surface area contributed by atoms with Gasteiger partial charge in [-0.1, -0.05) is 0 Å². The van der Waals surface area contributed by atoms with Gasteiger partial charge in [0.05, 0.1) is 12.1 Å². The lowest BCUT2D eigenvalue weighted by molar-refractivity contribution is -0.140. The normalized spacial score (nSPS) is 11.5. The Hall–Kier alpha value is -2.12. The fraction of sp³-hybridized carbons (Fsp3) is 0.467. The highest BCUT2D eigenvalue weighted by molar-refractivity contribution is 5.96. The molecule has 0 aliphatic carbocycles. The standard InChI is InChI=1S/C15H18F4N2O2/c1-4-21(8-13(22)20-9(2)3)14(23)10-5-6-12(16)11(7-10)15(17,18)19/h5-7,9H,4,8H2,1-3H3,(H,20,22). The first-order chi connectivity index (χ1) is 10.6. The van der Waals surface area contributed by atoms with E-state index < -0.39 is 29.4 Å². The van der Waals surface area contributed by atoms with Crippen molar-refractivity contribution >= 4 is 11.8 Å². The van der Waals surface area contributed by atoms with E-state index in [1.807, 2.05) is 0 Å². The van der Waals surface area contributed by atoms with Gasteiger partial charge in [0.1, 0.15) is 5.82 Å². The molecular formula is C15H18F4N2O2. The number of carbonyl (C=O) groups is 2. The summed E-state index contributed by atoms with van der Waals surface area (Å²) in [5.74, 6) is -2.64. The van der Waals surface area contributed by atoms with Crippen molar-refractivity contribution in [3.8, 4) is 0 Å². The van der Waals surface area contributed by atoms with Crippen LogP contribution in [0.5, 0.6) is 0 Å². The SMILES string of the molecule is CCN(CC(=O)NC(C)C)C(=O)c1ccc(F)c(C(F)(F)F)c1. The van der Waals surface area contributed by atoms with Crippen molar-refractivity contribution in [2.75, 3.05) is 13.1 Å². The van der Waals surface area contributed by atoms with Crippen molar-refractivity contribution < 1.29 is 27.2 Å². The molecule has 0 bridgehead atoms. The number of benzene rings is 1. The molecule has 0 heterocycles. The average molecular weight is 334 g/mol. The van der Waals surface area contributed by atoms with Gasteiger partial charge in [-0.05, 0) is 39.0 Å². The van der Waals surface area contributed by atoms with E-state index in [0.717, 1.165) is 11.0 Å². The summed E-state index contributed by atoms with van der Waals surface area (Å²) in [6.45, 7) is 4.92. The van der Waals surface area contributed by atoms with Crippen molar-refractivity contribution in [2.24, 2.45) is 0 Å². The molecule has 0 fully saturated rings. The number of hydrogen-bond donors (Lipinski definition) is 1. The van der Waals surface area contributed by atoms with Crippen LogP contribution in [-0.2, 0) is 11.0 Å². The first-order valence-electron chi connectivity index (χ1n) is 7.01. The highest BCUT2D eigenvalue weighted by Crippen LogP contribution is 2.32. The first kappa shape index (κ1) is 18.9. The van der Waals surface area contributed by atoms with E-state index in [-0.39, 0.29) is 24.7 Å². The topological polar surface area (TPSA) is 49.4 Å². The molecule has 8 heteroatoms. The summed E-state index contributed by atoms with van der Waals surface area (Å²) in [7, 11) is 0. The van der Waals surface area contributed by atoms with Crippen molar-refractivity contribution in [1.29, 1.82) is 0 Å². The number of carbonyl (C=O) groups excluding carboxylic acids is 2. The van der Waals surface area contributed by atoms with Crippen LogP contribution in [0.1, 0.15) is 36.7 Å². The molecule has 23 heavy (non-hydrogen) atoms. The molecule has 1 aromatic rings. The second-order valence-electron chi connectivity index (χ2n) is 5.23.